The average Bonchev–Trinajstić information content (AvgIpc) is 3.53. The van der Waals surface area contributed by atoms with Gasteiger partial charge in [-0.05, 0) is 24.3 Å². The summed E-state index contributed by atoms with van der Waals surface area (Å²) in [6.45, 7) is 0. The molecule has 0 radical (unpaired) electrons. The molecule has 0 aliphatic carbocycles. The number of nitro benzene ring substituents is 1. The Morgan fingerprint density at radius 2 is 1.78 bits per heavy atom. The lowest BCUT2D eigenvalue weighted by atomic mass is 10.1. The van der Waals surface area contributed by atoms with Gasteiger partial charge in [0.15, 0.2) is 5.69 Å². The summed E-state index contributed by atoms with van der Waals surface area (Å²) in [5.41, 5.74) is 2.58. The van der Waals surface area contributed by atoms with Gasteiger partial charge in [0.1, 0.15) is 5.75 Å². The van der Waals surface area contributed by atoms with Crippen LogP contribution in [0.1, 0.15) is 0 Å². The molecule has 11 heteroatoms. The molecule has 10 nitrogen and oxygen atoms in total. The van der Waals surface area contributed by atoms with Crippen LogP contribution in [0, 0.1) is 10.1 Å². The van der Waals surface area contributed by atoms with Crippen molar-refractivity contribution >= 4 is 28.4 Å². The van der Waals surface area contributed by atoms with E-state index < -0.39 is 10.5 Å². The molecule has 0 amide bonds. The summed E-state index contributed by atoms with van der Waals surface area (Å²) >= 11 is 1.30. The maximum absolute atomic E-state index is 13.4. The van der Waals surface area contributed by atoms with E-state index in [0.29, 0.717) is 27.8 Å². The molecule has 0 bridgehead atoms. The lowest BCUT2D eigenvalue weighted by Gasteiger charge is -2.00. The van der Waals surface area contributed by atoms with Crippen molar-refractivity contribution in [3.05, 3.63) is 105 Å². The standard InChI is InChI=1S/C25H18N6O4S/c1-35-20-9-5-8-18(14-20)27-28-23-22(17-10-12-19(13-11-17)31(33)34)29-30(24(23)32)25-26-21(15-36-25)16-6-3-2-4-7-16/h2-15,29H,1H3. The van der Waals surface area contributed by atoms with Crippen molar-refractivity contribution in [3.8, 4) is 33.4 Å². The number of azo groups is 1. The number of aromatic amines is 1. The number of aromatic nitrogens is 3. The predicted molar refractivity (Wildman–Crippen MR) is 137 cm³/mol. The molecule has 5 aromatic rings. The van der Waals surface area contributed by atoms with E-state index >= 15 is 0 Å². The molecule has 0 saturated carbocycles. The SMILES string of the molecule is COc1cccc(N=Nc2c(-c3ccc([N+](=O)[O-])cc3)[nH]n(-c3nc(-c4ccccc4)cs3)c2=O)c1. The van der Waals surface area contributed by atoms with Crippen LogP contribution < -0.4 is 10.3 Å². The van der Waals surface area contributed by atoms with Gasteiger partial charge < -0.3 is 4.74 Å². The highest BCUT2D eigenvalue weighted by Crippen LogP contribution is 2.31. The van der Waals surface area contributed by atoms with Crippen molar-refractivity contribution < 1.29 is 9.66 Å². The molecule has 2 heterocycles. The minimum Gasteiger partial charge on any atom is -0.497 e. The first-order chi connectivity index (χ1) is 17.5. The maximum atomic E-state index is 13.4. The number of methoxy groups -OCH3 is 1. The van der Waals surface area contributed by atoms with E-state index in [1.807, 2.05) is 35.7 Å². The van der Waals surface area contributed by atoms with E-state index in [1.54, 1.807) is 43.5 Å². The van der Waals surface area contributed by atoms with Crippen LogP contribution in [-0.4, -0.2) is 26.8 Å². The summed E-state index contributed by atoms with van der Waals surface area (Å²) < 4.78 is 6.52. The van der Waals surface area contributed by atoms with E-state index in [-0.39, 0.29) is 11.4 Å². The lowest BCUT2D eigenvalue weighted by Crippen LogP contribution is -2.13. The fraction of sp³-hybridized carbons (Fsp3) is 0.0400. The number of nitrogens with one attached hydrogen (secondary N) is 1. The van der Waals surface area contributed by atoms with Gasteiger partial charge in [-0.3, -0.25) is 20.0 Å². The van der Waals surface area contributed by atoms with Crippen LogP contribution in [0.2, 0.25) is 0 Å². The lowest BCUT2D eigenvalue weighted by molar-refractivity contribution is -0.384. The monoisotopic (exact) mass is 498 g/mol. The van der Waals surface area contributed by atoms with Crippen LogP contribution in [-0.2, 0) is 0 Å². The van der Waals surface area contributed by atoms with Crippen LogP contribution in [0.25, 0.3) is 27.6 Å². The van der Waals surface area contributed by atoms with Crippen LogP contribution in [0.4, 0.5) is 17.1 Å². The van der Waals surface area contributed by atoms with Crippen LogP contribution in [0.5, 0.6) is 5.75 Å². The predicted octanol–water partition coefficient (Wildman–Crippen LogP) is 6.29. The third-order valence-electron chi connectivity index (χ3n) is 5.30. The summed E-state index contributed by atoms with van der Waals surface area (Å²) in [5, 5.41) is 24.9. The van der Waals surface area contributed by atoms with Gasteiger partial charge in [0, 0.05) is 34.7 Å². The van der Waals surface area contributed by atoms with Crippen molar-refractivity contribution in [2.45, 2.75) is 0 Å². The summed E-state index contributed by atoms with van der Waals surface area (Å²) in [7, 11) is 1.55. The van der Waals surface area contributed by atoms with Crippen LogP contribution in [0.3, 0.4) is 0 Å². The quantitative estimate of drug-likeness (QED) is 0.160. The molecule has 0 unspecified atom stereocenters. The normalized spacial score (nSPS) is 11.1. The second-order valence-electron chi connectivity index (χ2n) is 7.56. The van der Waals surface area contributed by atoms with Crippen LogP contribution >= 0.6 is 11.3 Å². The fourth-order valence-corrected chi connectivity index (χ4v) is 4.29. The largest absolute Gasteiger partial charge is 0.497 e. The molecular weight excluding hydrogens is 480 g/mol. The number of rotatable bonds is 7. The Labute approximate surface area is 208 Å². The molecular formula is C25H18N6O4S. The summed E-state index contributed by atoms with van der Waals surface area (Å²) in [6.07, 6.45) is 0. The first kappa shape index (κ1) is 22.9. The van der Waals surface area contributed by atoms with Crippen molar-refractivity contribution in [3.63, 3.8) is 0 Å². The van der Waals surface area contributed by atoms with E-state index in [1.165, 1.54) is 28.2 Å². The Morgan fingerprint density at radius 3 is 2.50 bits per heavy atom. The highest BCUT2D eigenvalue weighted by Gasteiger charge is 2.20. The molecule has 0 aliphatic rings. The summed E-state index contributed by atoms with van der Waals surface area (Å²) in [5.74, 6) is 0.602. The smallest absolute Gasteiger partial charge is 0.301 e. The molecule has 36 heavy (non-hydrogen) atoms. The molecule has 0 saturated heterocycles. The highest BCUT2D eigenvalue weighted by molar-refractivity contribution is 7.12. The van der Waals surface area contributed by atoms with Gasteiger partial charge in [0.2, 0.25) is 5.13 Å². The molecule has 5 rings (SSSR count). The third-order valence-corrected chi connectivity index (χ3v) is 6.13. The van der Waals surface area contributed by atoms with E-state index in [4.69, 9.17) is 4.74 Å². The Hall–Kier alpha value is -4.90. The van der Waals surface area contributed by atoms with Crippen molar-refractivity contribution in [2.75, 3.05) is 7.11 Å². The number of H-pyrrole nitrogens is 1. The third kappa shape index (κ3) is 4.55. The van der Waals surface area contributed by atoms with Gasteiger partial charge in [0.25, 0.3) is 5.69 Å². The first-order valence-electron chi connectivity index (χ1n) is 10.7. The van der Waals surface area contributed by atoms with Crippen molar-refractivity contribution in [1.82, 2.24) is 14.8 Å². The number of nitrogens with zero attached hydrogens (tertiary/aromatic N) is 5. The Morgan fingerprint density at radius 1 is 1.00 bits per heavy atom. The minimum absolute atomic E-state index is 0.0446. The average molecular weight is 499 g/mol. The molecule has 0 fully saturated rings. The maximum Gasteiger partial charge on any atom is 0.301 e. The number of ether oxygens (including phenoxy) is 1. The van der Waals surface area contributed by atoms with Gasteiger partial charge in [0.05, 0.1) is 29.1 Å². The molecule has 0 atom stereocenters. The molecule has 3 aromatic carbocycles. The fourth-order valence-electron chi connectivity index (χ4n) is 3.50. The zero-order valence-corrected chi connectivity index (χ0v) is 19.7. The van der Waals surface area contributed by atoms with Crippen LogP contribution in [0.15, 0.2) is 99.3 Å². The van der Waals surface area contributed by atoms with E-state index in [9.17, 15) is 14.9 Å². The number of nitro groups is 1. The summed E-state index contributed by atoms with van der Waals surface area (Å²) in [4.78, 5) is 28.6. The number of non-ortho nitro benzene ring substituents is 1. The molecule has 178 valence electrons. The van der Waals surface area contributed by atoms with Crippen molar-refractivity contribution in [1.29, 1.82) is 0 Å². The van der Waals surface area contributed by atoms with Crippen molar-refractivity contribution in [2.24, 2.45) is 10.2 Å². The topological polar surface area (TPSA) is 128 Å². The van der Waals surface area contributed by atoms with Gasteiger partial charge in [-0.15, -0.1) is 16.5 Å². The van der Waals surface area contributed by atoms with Gasteiger partial charge in [-0.1, -0.05) is 36.4 Å². The Bertz CT molecular complexity index is 1620. The Balaban J connectivity index is 1.60. The second-order valence-corrected chi connectivity index (χ2v) is 8.40. The Kier molecular flexibility index (Phi) is 6.20. The second kappa shape index (κ2) is 9.76. The number of hydrogen-bond donors (Lipinski definition) is 1. The van der Waals surface area contributed by atoms with E-state index in [2.05, 4.69) is 20.3 Å². The summed E-state index contributed by atoms with van der Waals surface area (Å²) in [6, 6.07) is 22.4. The van der Waals surface area contributed by atoms with Gasteiger partial charge >= 0.3 is 5.56 Å². The number of thiazole rings is 1. The zero-order valence-electron chi connectivity index (χ0n) is 18.9. The zero-order chi connectivity index (χ0) is 25.1. The van der Waals surface area contributed by atoms with Gasteiger partial charge in [-0.2, -0.15) is 9.80 Å². The number of benzene rings is 3. The molecule has 0 aliphatic heterocycles. The molecule has 1 N–H and O–H groups in total. The minimum atomic E-state index is -0.484. The number of hydrogen-bond acceptors (Lipinski definition) is 8. The first-order valence-corrected chi connectivity index (χ1v) is 11.6. The molecule has 0 spiro atoms. The molecule has 2 aromatic heterocycles. The van der Waals surface area contributed by atoms with Gasteiger partial charge in [-0.25, -0.2) is 4.98 Å². The highest BCUT2D eigenvalue weighted by atomic mass is 32.1. The van der Waals surface area contributed by atoms with E-state index in [0.717, 1.165) is 11.3 Å².